The molecule has 1 aromatic rings. The van der Waals surface area contributed by atoms with E-state index in [2.05, 4.69) is 26.1 Å². The van der Waals surface area contributed by atoms with Crippen LogP contribution in [0.2, 0.25) is 0 Å². The lowest BCUT2D eigenvalue weighted by Crippen LogP contribution is -2.33. The largest absolute Gasteiger partial charge is 0.385 e. The molecule has 1 aromatic carbocycles. The van der Waals surface area contributed by atoms with Gasteiger partial charge in [0.1, 0.15) is 0 Å². The molecule has 0 unspecified atom stereocenters. The third-order valence-corrected chi connectivity index (χ3v) is 5.01. The molecule has 0 aliphatic carbocycles. The number of rotatable bonds is 3. The molecule has 3 nitrogen and oxygen atoms in total. The van der Waals surface area contributed by atoms with Crippen LogP contribution in [0.5, 0.6) is 0 Å². The number of hydrogen-bond acceptors (Lipinski definition) is 3. The van der Waals surface area contributed by atoms with Gasteiger partial charge in [-0.05, 0) is 37.6 Å². The van der Waals surface area contributed by atoms with Crippen LogP contribution in [0.1, 0.15) is 37.6 Å². The van der Waals surface area contributed by atoms with Crippen molar-refractivity contribution in [2.45, 2.75) is 31.9 Å². The molecule has 1 heterocycles. The van der Waals surface area contributed by atoms with Gasteiger partial charge in [0.15, 0.2) is 0 Å². The van der Waals surface area contributed by atoms with Gasteiger partial charge in [-0.25, -0.2) is 0 Å². The molecule has 1 amide bonds. The summed E-state index contributed by atoms with van der Waals surface area (Å²) < 4.78 is 0.282. The number of nitrogens with zero attached hydrogens (tertiary/aromatic N) is 1. The zero-order valence-corrected chi connectivity index (χ0v) is 13.4. The second kappa shape index (κ2) is 6.53. The molecule has 110 valence electrons. The molecule has 4 heteroatoms. The van der Waals surface area contributed by atoms with Gasteiger partial charge >= 0.3 is 0 Å². The van der Waals surface area contributed by atoms with Crippen molar-refractivity contribution in [3.8, 4) is 0 Å². The van der Waals surface area contributed by atoms with Crippen molar-refractivity contribution < 1.29 is 4.79 Å². The number of amides is 1. The zero-order chi connectivity index (χ0) is 14.6. The third-order valence-electron chi connectivity index (χ3n) is 3.64. The summed E-state index contributed by atoms with van der Waals surface area (Å²) in [6, 6.07) is 7.80. The summed E-state index contributed by atoms with van der Waals surface area (Å²) in [5, 5.41) is 3.25. The lowest BCUT2D eigenvalue weighted by Gasteiger charge is -2.22. The molecular formula is C16H24N2OS. The van der Waals surface area contributed by atoms with Crippen LogP contribution in [0.4, 0.5) is 5.69 Å². The quantitative estimate of drug-likeness (QED) is 0.926. The predicted molar refractivity (Wildman–Crippen MR) is 87.7 cm³/mol. The van der Waals surface area contributed by atoms with Gasteiger partial charge in [-0.1, -0.05) is 13.8 Å². The average Bonchev–Trinajstić information content (AvgIpc) is 2.60. The first kappa shape index (κ1) is 15.2. The summed E-state index contributed by atoms with van der Waals surface area (Å²) in [5.74, 6) is 1.18. The molecule has 1 saturated heterocycles. The number of nitrogens with one attached hydrogen (secondary N) is 1. The van der Waals surface area contributed by atoms with Crippen molar-refractivity contribution in [3.63, 3.8) is 0 Å². The molecular weight excluding hydrogens is 268 g/mol. The lowest BCUT2D eigenvalue weighted by molar-refractivity contribution is 0.0764. The van der Waals surface area contributed by atoms with Crippen molar-refractivity contribution in [2.75, 3.05) is 30.7 Å². The lowest BCUT2D eigenvalue weighted by atomic mass is 10.1. The van der Waals surface area contributed by atoms with Gasteiger partial charge in [0.2, 0.25) is 0 Å². The van der Waals surface area contributed by atoms with Crippen molar-refractivity contribution in [3.05, 3.63) is 29.8 Å². The highest BCUT2D eigenvalue weighted by molar-refractivity contribution is 8.00. The normalized spacial score (nSPS) is 18.4. The molecule has 0 spiro atoms. The minimum atomic E-state index is 0.159. The van der Waals surface area contributed by atoms with Crippen LogP contribution in [0.15, 0.2) is 24.3 Å². The fraction of sp³-hybridized carbons (Fsp3) is 0.562. The summed E-state index contributed by atoms with van der Waals surface area (Å²) >= 11 is 1.96. The number of hydrogen-bond donors (Lipinski definition) is 1. The van der Waals surface area contributed by atoms with E-state index in [1.54, 1.807) is 0 Å². The van der Waals surface area contributed by atoms with Crippen LogP contribution in [0.3, 0.4) is 0 Å². The Bertz CT molecular complexity index is 456. The molecule has 2 rings (SSSR count). The van der Waals surface area contributed by atoms with Crippen molar-refractivity contribution in [2.24, 2.45) is 0 Å². The van der Waals surface area contributed by atoms with Crippen molar-refractivity contribution >= 4 is 23.4 Å². The minimum absolute atomic E-state index is 0.159. The number of thioether (sulfide) groups is 1. The van der Waals surface area contributed by atoms with Crippen LogP contribution < -0.4 is 5.32 Å². The maximum Gasteiger partial charge on any atom is 0.253 e. The van der Waals surface area contributed by atoms with Crippen LogP contribution in [0.25, 0.3) is 0 Å². The Morgan fingerprint density at radius 3 is 2.65 bits per heavy atom. The van der Waals surface area contributed by atoms with E-state index in [0.29, 0.717) is 0 Å². The molecule has 1 aliphatic rings. The van der Waals surface area contributed by atoms with Gasteiger partial charge < -0.3 is 10.2 Å². The Balaban J connectivity index is 2.03. The molecule has 0 bridgehead atoms. The Morgan fingerprint density at radius 2 is 2.00 bits per heavy atom. The predicted octanol–water partition coefficient (Wildman–Crippen LogP) is 3.48. The standard InChI is InChI=1S/C16H24N2OS/c1-4-17-14-7-5-13(6-8-14)15(19)18-10-9-16(2,3)20-12-11-18/h5-8,17H,4,9-12H2,1-3H3. The number of carbonyl (C=O) groups is 1. The number of benzene rings is 1. The van der Waals surface area contributed by atoms with Gasteiger partial charge in [-0.15, -0.1) is 0 Å². The van der Waals surface area contributed by atoms with Crippen LogP contribution in [0, 0.1) is 0 Å². The molecule has 1 fully saturated rings. The maximum absolute atomic E-state index is 12.5. The molecule has 0 saturated carbocycles. The fourth-order valence-corrected chi connectivity index (χ4v) is 3.44. The molecule has 20 heavy (non-hydrogen) atoms. The first-order chi connectivity index (χ1) is 9.52. The van der Waals surface area contributed by atoms with Gasteiger partial charge in [0.05, 0.1) is 0 Å². The van der Waals surface area contributed by atoms with E-state index in [-0.39, 0.29) is 10.7 Å². The Kier molecular flexibility index (Phi) is 4.97. The first-order valence-corrected chi connectivity index (χ1v) is 8.27. The second-order valence-electron chi connectivity index (χ2n) is 5.76. The van der Waals surface area contributed by atoms with Crippen LogP contribution >= 0.6 is 11.8 Å². The monoisotopic (exact) mass is 292 g/mol. The van der Waals surface area contributed by atoms with Crippen molar-refractivity contribution in [1.82, 2.24) is 4.90 Å². The number of carbonyl (C=O) groups excluding carboxylic acids is 1. The summed E-state index contributed by atoms with van der Waals surface area (Å²) in [5.41, 5.74) is 1.85. The van der Waals surface area contributed by atoms with E-state index >= 15 is 0 Å². The summed E-state index contributed by atoms with van der Waals surface area (Å²) in [7, 11) is 0. The smallest absolute Gasteiger partial charge is 0.253 e. The first-order valence-electron chi connectivity index (χ1n) is 7.29. The van der Waals surface area contributed by atoms with E-state index in [1.807, 2.05) is 40.9 Å². The highest BCUT2D eigenvalue weighted by Crippen LogP contribution is 2.31. The van der Waals surface area contributed by atoms with E-state index in [4.69, 9.17) is 0 Å². The summed E-state index contributed by atoms with van der Waals surface area (Å²) in [4.78, 5) is 14.5. The summed E-state index contributed by atoms with van der Waals surface area (Å²) in [6.45, 7) is 9.19. The van der Waals surface area contributed by atoms with Gasteiger partial charge in [-0.2, -0.15) is 11.8 Å². The molecule has 0 aromatic heterocycles. The Labute approximate surface area is 126 Å². The number of anilines is 1. The van der Waals surface area contributed by atoms with Crippen LogP contribution in [-0.4, -0.2) is 40.9 Å². The summed E-state index contributed by atoms with van der Waals surface area (Å²) in [6.07, 6.45) is 1.05. The minimum Gasteiger partial charge on any atom is -0.385 e. The molecule has 0 radical (unpaired) electrons. The Morgan fingerprint density at radius 1 is 1.30 bits per heavy atom. The van der Waals surface area contributed by atoms with E-state index < -0.39 is 0 Å². The molecule has 0 atom stereocenters. The molecule has 1 aliphatic heterocycles. The second-order valence-corrected chi connectivity index (χ2v) is 7.56. The topological polar surface area (TPSA) is 32.3 Å². The van der Waals surface area contributed by atoms with Gasteiger partial charge in [0, 0.05) is 41.4 Å². The van der Waals surface area contributed by atoms with Crippen LogP contribution in [-0.2, 0) is 0 Å². The third kappa shape index (κ3) is 3.92. The van der Waals surface area contributed by atoms with E-state index in [9.17, 15) is 4.79 Å². The van der Waals surface area contributed by atoms with Gasteiger partial charge in [0.25, 0.3) is 5.91 Å². The SMILES string of the molecule is CCNc1ccc(C(=O)N2CCSC(C)(C)CC2)cc1. The highest BCUT2D eigenvalue weighted by atomic mass is 32.2. The van der Waals surface area contributed by atoms with E-state index in [1.165, 1.54) is 0 Å². The average molecular weight is 292 g/mol. The van der Waals surface area contributed by atoms with Gasteiger partial charge in [-0.3, -0.25) is 4.79 Å². The fourth-order valence-electron chi connectivity index (χ4n) is 2.34. The maximum atomic E-state index is 12.5. The molecule has 1 N–H and O–H groups in total. The highest BCUT2D eigenvalue weighted by Gasteiger charge is 2.26. The van der Waals surface area contributed by atoms with E-state index in [0.717, 1.165) is 43.1 Å². The van der Waals surface area contributed by atoms with Crippen molar-refractivity contribution in [1.29, 1.82) is 0 Å². The Hall–Kier alpha value is -1.16. The zero-order valence-electron chi connectivity index (χ0n) is 12.6.